The zero-order valence-corrected chi connectivity index (χ0v) is 15.4. The Morgan fingerprint density at radius 3 is 0.885 bits per heavy atom. The Balaban J connectivity index is -0.000000125. The molecule has 4 N–H and O–H groups in total. The van der Waals surface area contributed by atoms with Crippen molar-refractivity contribution < 1.29 is 55.8 Å². The fourth-order valence-electron chi connectivity index (χ4n) is 0.642. The van der Waals surface area contributed by atoms with Crippen molar-refractivity contribution in [1.29, 1.82) is 0 Å². The lowest BCUT2D eigenvalue weighted by Crippen LogP contribution is -2.21. The number of carbonyl (C=O) groups is 3. The number of rotatable bonds is 6. The maximum Gasteiger partial charge on any atom is 0.522 e. The molecule has 0 fully saturated rings. The molecule has 0 bridgehead atoms. The van der Waals surface area contributed by atoms with Crippen LogP contribution < -0.4 is 0 Å². The number of hydrogen-bond acceptors (Lipinski definition) is 5. The summed E-state index contributed by atoms with van der Waals surface area (Å²) < 4.78 is 57.5. The van der Waals surface area contributed by atoms with Gasteiger partial charge in [-0.3, -0.25) is 18.9 Å². The second-order valence-electron chi connectivity index (χ2n) is 4.35. The van der Waals surface area contributed by atoms with Crippen molar-refractivity contribution in [2.24, 2.45) is 0 Å². The highest BCUT2D eigenvalue weighted by Gasteiger charge is 2.44. The number of carboxylic acid groups (broad SMARTS) is 3. The van der Waals surface area contributed by atoms with Gasteiger partial charge in [0.15, 0.2) is 0 Å². The summed E-state index contributed by atoms with van der Waals surface area (Å²) in [6.45, 7) is 5.52. The van der Waals surface area contributed by atoms with E-state index < -0.39 is 33.5 Å². The molecule has 158 valence electrons. The van der Waals surface area contributed by atoms with Crippen molar-refractivity contribution >= 4 is 28.0 Å². The normalized spacial score (nSPS) is 9.96. The van der Waals surface area contributed by atoms with Crippen LogP contribution in [0, 0.1) is 0 Å². The van der Waals surface area contributed by atoms with Crippen molar-refractivity contribution in [1.82, 2.24) is 0 Å². The molecule has 0 unspecified atom stereocenters. The lowest BCUT2D eigenvalue weighted by atomic mass is 10.4. The van der Waals surface area contributed by atoms with Crippen molar-refractivity contribution in [3.05, 3.63) is 0 Å². The highest BCUT2D eigenvalue weighted by atomic mass is 32.2. The summed E-state index contributed by atoms with van der Waals surface area (Å²) in [7, 11) is -5.84. The highest BCUT2D eigenvalue weighted by molar-refractivity contribution is 7.86. The van der Waals surface area contributed by atoms with Gasteiger partial charge in [0.2, 0.25) is 0 Å². The molecule has 0 aromatic rings. The fraction of sp³-hybridized carbons (Fsp3) is 0.769. The summed E-state index contributed by atoms with van der Waals surface area (Å²) in [5, 5.41) is 23.7. The van der Waals surface area contributed by atoms with E-state index in [-0.39, 0.29) is 0 Å². The molecule has 0 rings (SSSR count). The topological polar surface area (TPSA) is 166 Å². The molecular formula is C13H25F3O9S. The molecule has 0 heterocycles. The quantitative estimate of drug-likeness (QED) is 0.377. The third-order valence-corrected chi connectivity index (χ3v) is 2.27. The molecule has 0 spiro atoms. The van der Waals surface area contributed by atoms with Gasteiger partial charge in [0.25, 0.3) is 0 Å². The number of alkyl halides is 3. The van der Waals surface area contributed by atoms with E-state index in [9.17, 15) is 27.6 Å². The summed E-state index contributed by atoms with van der Waals surface area (Å²) >= 11 is 0. The minimum Gasteiger partial charge on any atom is -0.481 e. The van der Waals surface area contributed by atoms with Crippen LogP contribution in [0.5, 0.6) is 0 Å². The van der Waals surface area contributed by atoms with Crippen LogP contribution in [0.4, 0.5) is 13.2 Å². The summed E-state index contributed by atoms with van der Waals surface area (Å²) in [4.78, 5) is 28.8. The maximum atomic E-state index is 10.7. The number of aliphatic carboxylic acids is 3. The first-order valence-electron chi connectivity index (χ1n) is 7.25. The van der Waals surface area contributed by atoms with E-state index in [1.54, 1.807) is 0 Å². The first-order chi connectivity index (χ1) is 11.6. The molecule has 0 aliphatic rings. The number of carboxylic acids is 3. The molecule has 0 saturated heterocycles. The van der Waals surface area contributed by atoms with E-state index in [1.165, 1.54) is 0 Å². The number of hydrogen-bond donors (Lipinski definition) is 4. The van der Waals surface area contributed by atoms with E-state index in [0.717, 1.165) is 19.3 Å². The summed E-state index contributed by atoms with van der Waals surface area (Å²) in [5.41, 5.74) is -5.53. The largest absolute Gasteiger partial charge is 0.522 e. The molecule has 0 aromatic carbocycles. The predicted octanol–water partition coefficient (Wildman–Crippen LogP) is 3.01. The fourth-order valence-corrected chi connectivity index (χ4v) is 0.642. The lowest BCUT2D eigenvalue weighted by Gasteiger charge is -1.97. The highest BCUT2D eigenvalue weighted by Crippen LogP contribution is 2.20. The Morgan fingerprint density at radius 2 is 0.885 bits per heavy atom. The molecular weight excluding hydrogens is 389 g/mol. The Bertz CT molecular complexity index is 450. The maximum absolute atomic E-state index is 10.7. The van der Waals surface area contributed by atoms with Crippen LogP contribution in [0.15, 0.2) is 0 Å². The van der Waals surface area contributed by atoms with Gasteiger partial charge in [-0.25, -0.2) is 0 Å². The van der Waals surface area contributed by atoms with Gasteiger partial charge in [0.1, 0.15) is 0 Å². The van der Waals surface area contributed by atoms with Gasteiger partial charge >= 0.3 is 33.5 Å². The van der Waals surface area contributed by atoms with Gasteiger partial charge in [-0.15, -0.1) is 0 Å². The minimum absolute atomic E-state index is 0.292. The van der Waals surface area contributed by atoms with E-state index in [2.05, 4.69) is 0 Å². The Kier molecular flexibility index (Phi) is 21.9. The molecule has 26 heavy (non-hydrogen) atoms. The van der Waals surface area contributed by atoms with Crippen LogP contribution in [-0.2, 0) is 24.5 Å². The molecule has 0 radical (unpaired) electrons. The van der Waals surface area contributed by atoms with E-state index in [0.29, 0.717) is 19.3 Å². The molecule has 0 aliphatic heterocycles. The van der Waals surface area contributed by atoms with E-state index in [1.807, 2.05) is 20.8 Å². The molecule has 9 nitrogen and oxygen atoms in total. The average molecular weight is 414 g/mol. The zero-order valence-electron chi connectivity index (χ0n) is 14.6. The summed E-state index contributed by atoms with van der Waals surface area (Å²) in [6.07, 6.45) is 3.07. The van der Waals surface area contributed by atoms with Gasteiger partial charge in [-0.2, -0.15) is 21.6 Å². The summed E-state index contributed by atoms with van der Waals surface area (Å²) in [6, 6.07) is 0. The van der Waals surface area contributed by atoms with Crippen LogP contribution in [0.3, 0.4) is 0 Å². The predicted molar refractivity (Wildman–Crippen MR) is 85.2 cm³/mol. The van der Waals surface area contributed by atoms with Crippen molar-refractivity contribution in [3.8, 4) is 0 Å². The molecule has 0 amide bonds. The molecule has 0 saturated carbocycles. The van der Waals surface area contributed by atoms with Crippen LogP contribution in [0.25, 0.3) is 0 Å². The molecule has 0 aromatic heterocycles. The minimum atomic E-state index is -5.84. The van der Waals surface area contributed by atoms with Gasteiger partial charge in [0.05, 0.1) is 0 Å². The zero-order chi connectivity index (χ0) is 22.0. The van der Waals surface area contributed by atoms with Gasteiger partial charge in [0, 0.05) is 19.3 Å². The molecule has 0 atom stereocenters. The number of halogens is 3. The lowest BCUT2D eigenvalue weighted by molar-refractivity contribution is -0.138. The van der Waals surface area contributed by atoms with E-state index >= 15 is 0 Å². The third kappa shape index (κ3) is 38.0. The second kappa shape index (κ2) is 17.9. The first kappa shape index (κ1) is 31.8. The van der Waals surface area contributed by atoms with Crippen LogP contribution in [0.1, 0.15) is 59.3 Å². The average Bonchev–Trinajstić information content (AvgIpc) is 2.37. The third-order valence-electron chi connectivity index (χ3n) is 1.68. The Morgan fingerprint density at radius 1 is 0.731 bits per heavy atom. The second-order valence-corrected chi connectivity index (χ2v) is 5.77. The SMILES string of the molecule is CCCC(=O)O.CCCC(=O)O.CCCC(=O)O.O=S(=O)(O)C(F)(F)F. The van der Waals surface area contributed by atoms with Gasteiger partial charge in [-0.1, -0.05) is 20.8 Å². The smallest absolute Gasteiger partial charge is 0.481 e. The molecule has 0 aliphatic carbocycles. The van der Waals surface area contributed by atoms with E-state index in [4.69, 9.17) is 28.3 Å². The van der Waals surface area contributed by atoms with Gasteiger partial charge in [-0.05, 0) is 19.3 Å². The Labute approximate surface area is 149 Å². The molecule has 13 heteroatoms. The standard InChI is InChI=1S/3C4H8O2.CHF3O3S/c3*1-2-3-4(5)6;2-1(3,4)8(5,6)7/h3*2-3H2,1H3,(H,5,6);(H,5,6,7). The summed E-state index contributed by atoms with van der Waals surface area (Å²) in [5.74, 6) is -2.13. The van der Waals surface area contributed by atoms with Crippen LogP contribution in [-0.4, -0.2) is 51.7 Å². The first-order valence-corrected chi connectivity index (χ1v) is 8.69. The monoisotopic (exact) mass is 414 g/mol. The van der Waals surface area contributed by atoms with Gasteiger partial charge < -0.3 is 15.3 Å². The Hall–Kier alpha value is -1.89. The van der Waals surface area contributed by atoms with Crippen LogP contribution in [0.2, 0.25) is 0 Å². The van der Waals surface area contributed by atoms with Crippen molar-refractivity contribution in [2.45, 2.75) is 64.8 Å². The van der Waals surface area contributed by atoms with Crippen molar-refractivity contribution in [3.63, 3.8) is 0 Å². The van der Waals surface area contributed by atoms with Crippen molar-refractivity contribution in [2.75, 3.05) is 0 Å². The van der Waals surface area contributed by atoms with Crippen LogP contribution >= 0.6 is 0 Å².